The van der Waals surface area contributed by atoms with Gasteiger partial charge in [0.1, 0.15) is 11.4 Å². The number of rotatable bonds is 6. The van der Waals surface area contributed by atoms with Crippen molar-refractivity contribution in [3.63, 3.8) is 0 Å². The van der Waals surface area contributed by atoms with Crippen LogP contribution < -0.4 is 10.9 Å². The predicted octanol–water partition coefficient (Wildman–Crippen LogP) is 3.41. The summed E-state index contributed by atoms with van der Waals surface area (Å²) >= 11 is 2.79. The molecule has 4 rings (SSSR count). The van der Waals surface area contributed by atoms with Crippen LogP contribution in [0.4, 0.5) is 0 Å². The summed E-state index contributed by atoms with van der Waals surface area (Å²) in [4.78, 5) is 44.2. The maximum atomic E-state index is 13.8. The molecule has 0 spiro atoms. The fourth-order valence-corrected chi connectivity index (χ4v) is 6.05. The number of nitrogens with zero attached hydrogens (tertiary/aromatic N) is 2. The SMILES string of the molecule is COC(=O)CNC(=O)CSc1nc2sc3c(c2c(=O)n1-c1ccccc1C)CCCCC3. The molecule has 0 saturated heterocycles. The highest BCUT2D eigenvalue weighted by atomic mass is 32.2. The number of aryl methyl sites for hydroxylation is 3. The van der Waals surface area contributed by atoms with E-state index in [0.717, 1.165) is 52.7 Å². The lowest BCUT2D eigenvalue weighted by atomic mass is 10.1. The van der Waals surface area contributed by atoms with Crippen LogP contribution in [0.2, 0.25) is 0 Å². The van der Waals surface area contributed by atoms with Crippen LogP contribution in [0.3, 0.4) is 0 Å². The van der Waals surface area contributed by atoms with Crippen molar-refractivity contribution in [3.05, 3.63) is 50.6 Å². The molecule has 0 fully saturated rings. The highest BCUT2D eigenvalue weighted by molar-refractivity contribution is 7.99. The van der Waals surface area contributed by atoms with Gasteiger partial charge in [0.2, 0.25) is 5.91 Å². The van der Waals surface area contributed by atoms with E-state index in [9.17, 15) is 14.4 Å². The van der Waals surface area contributed by atoms with E-state index in [1.807, 2.05) is 31.2 Å². The average Bonchev–Trinajstić information content (AvgIpc) is 2.98. The zero-order valence-electron chi connectivity index (χ0n) is 18.1. The predicted molar refractivity (Wildman–Crippen MR) is 127 cm³/mol. The number of aromatic nitrogens is 2. The molecule has 0 bridgehead atoms. The van der Waals surface area contributed by atoms with E-state index in [-0.39, 0.29) is 23.8 Å². The van der Waals surface area contributed by atoms with Crippen LogP contribution in [0, 0.1) is 6.92 Å². The summed E-state index contributed by atoms with van der Waals surface area (Å²) in [7, 11) is 1.27. The topological polar surface area (TPSA) is 90.3 Å². The Bertz CT molecular complexity index is 1230. The molecule has 1 aliphatic carbocycles. The van der Waals surface area contributed by atoms with Gasteiger partial charge in [-0.25, -0.2) is 4.98 Å². The number of para-hydroxylation sites is 1. The van der Waals surface area contributed by atoms with Gasteiger partial charge in [0.15, 0.2) is 5.16 Å². The van der Waals surface area contributed by atoms with Crippen molar-refractivity contribution in [2.45, 2.75) is 44.2 Å². The number of esters is 1. The second-order valence-corrected chi connectivity index (χ2v) is 9.73. The number of amides is 1. The van der Waals surface area contributed by atoms with E-state index in [0.29, 0.717) is 5.16 Å². The molecular formula is C23H25N3O4S2. The molecule has 32 heavy (non-hydrogen) atoms. The molecule has 9 heteroatoms. The van der Waals surface area contributed by atoms with Crippen LogP contribution >= 0.6 is 23.1 Å². The molecule has 0 atom stereocenters. The standard InChI is InChI=1S/C23H25N3O4S2/c1-14-8-6-7-10-16(14)26-22(29)20-15-9-4-3-5-11-17(15)32-21(20)25-23(26)31-13-18(27)24-12-19(28)30-2/h6-8,10H,3-5,9,11-13H2,1-2H3,(H,24,27). The Morgan fingerprint density at radius 3 is 2.78 bits per heavy atom. The first-order chi connectivity index (χ1) is 15.5. The van der Waals surface area contributed by atoms with Crippen molar-refractivity contribution >= 4 is 45.2 Å². The maximum absolute atomic E-state index is 13.8. The van der Waals surface area contributed by atoms with Gasteiger partial charge < -0.3 is 10.1 Å². The van der Waals surface area contributed by atoms with Gasteiger partial charge in [-0.15, -0.1) is 11.3 Å². The third-order valence-electron chi connectivity index (χ3n) is 5.55. The maximum Gasteiger partial charge on any atom is 0.325 e. The first kappa shape index (κ1) is 22.5. The number of thioether (sulfide) groups is 1. The zero-order valence-corrected chi connectivity index (χ0v) is 19.7. The first-order valence-corrected chi connectivity index (χ1v) is 12.4. The largest absolute Gasteiger partial charge is 0.468 e. The molecule has 0 saturated carbocycles. The van der Waals surface area contributed by atoms with Crippen molar-refractivity contribution in [2.24, 2.45) is 0 Å². The average molecular weight is 472 g/mol. The minimum absolute atomic E-state index is 0.0336. The number of fused-ring (bicyclic) bond motifs is 3. The molecule has 2 aromatic heterocycles. The van der Waals surface area contributed by atoms with E-state index < -0.39 is 5.97 Å². The third-order valence-corrected chi connectivity index (χ3v) is 7.68. The second-order valence-electron chi connectivity index (χ2n) is 7.71. The Balaban J connectivity index is 1.76. The van der Waals surface area contributed by atoms with E-state index in [2.05, 4.69) is 10.1 Å². The zero-order chi connectivity index (χ0) is 22.7. The summed E-state index contributed by atoms with van der Waals surface area (Å²) in [5, 5.41) is 3.72. The van der Waals surface area contributed by atoms with Gasteiger partial charge in [-0.2, -0.15) is 0 Å². The number of carbonyl (C=O) groups excluding carboxylic acids is 2. The summed E-state index contributed by atoms with van der Waals surface area (Å²) in [6.07, 6.45) is 5.28. The quantitative estimate of drug-likeness (QED) is 0.256. The monoisotopic (exact) mass is 471 g/mol. The number of carbonyl (C=O) groups is 2. The molecule has 1 amide bonds. The number of methoxy groups -OCH3 is 1. The van der Waals surface area contributed by atoms with E-state index in [1.54, 1.807) is 15.9 Å². The van der Waals surface area contributed by atoms with Gasteiger partial charge in [0.05, 0.1) is 23.9 Å². The van der Waals surface area contributed by atoms with Gasteiger partial charge in [0, 0.05) is 4.88 Å². The summed E-state index contributed by atoms with van der Waals surface area (Å²) in [6, 6.07) is 7.68. The molecule has 1 aromatic carbocycles. The number of ether oxygens (including phenoxy) is 1. The lowest BCUT2D eigenvalue weighted by Crippen LogP contribution is -2.31. The van der Waals surface area contributed by atoms with Crippen molar-refractivity contribution in [2.75, 3.05) is 19.4 Å². The first-order valence-electron chi connectivity index (χ1n) is 10.6. The third kappa shape index (κ3) is 4.59. The second kappa shape index (κ2) is 9.87. The summed E-state index contributed by atoms with van der Waals surface area (Å²) in [5.41, 5.74) is 2.78. The summed E-state index contributed by atoms with van der Waals surface area (Å²) in [6.45, 7) is 1.77. The highest BCUT2D eigenvalue weighted by Gasteiger charge is 2.23. The Morgan fingerprint density at radius 1 is 1.22 bits per heavy atom. The van der Waals surface area contributed by atoms with Crippen LogP contribution in [0.5, 0.6) is 0 Å². The summed E-state index contributed by atoms with van der Waals surface area (Å²) < 4.78 is 6.18. The molecule has 2 heterocycles. The van der Waals surface area contributed by atoms with Gasteiger partial charge in [-0.05, 0) is 49.8 Å². The van der Waals surface area contributed by atoms with Crippen molar-refractivity contribution in [3.8, 4) is 5.69 Å². The molecule has 1 aliphatic rings. The molecule has 0 unspecified atom stereocenters. The van der Waals surface area contributed by atoms with Crippen molar-refractivity contribution in [1.82, 2.24) is 14.9 Å². The fourth-order valence-electron chi connectivity index (χ4n) is 3.91. The lowest BCUT2D eigenvalue weighted by molar-refractivity contribution is -0.140. The fraction of sp³-hybridized carbons (Fsp3) is 0.391. The normalized spacial score (nSPS) is 13.4. The van der Waals surface area contributed by atoms with Gasteiger partial charge in [-0.3, -0.25) is 19.0 Å². The molecule has 1 N–H and O–H groups in total. The van der Waals surface area contributed by atoms with Crippen LogP contribution in [0.25, 0.3) is 15.9 Å². The Labute approximate surface area is 194 Å². The van der Waals surface area contributed by atoms with E-state index in [1.165, 1.54) is 30.2 Å². The van der Waals surface area contributed by atoms with Gasteiger partial charge in [0.25, 0.3) is 5.56 Å². The number of thiophene rings is 1. The highest BCUT2D eigenvalue weighted by Crippen LogP contribution is 2.34. The Kier molecular flexibility index (Phi) is 6.95. The van der Waals surface area contributed by atoms with Crippen LogP contribution in [0.1, 0.15) is 35.3 Å². The number of hydrogen-bond donors (Lipinski definition) is 1. The molecule has 0 radical (unpaired) electrons. The van der Waals surface area contributed by atoms with Crippen LogP contribution in [-0.4, -0.2) is 40.8 Å². The van der Waals surface area contributed by atoms with E-state index in [4.69, 9.17) is 4.98 Å². The number of hydrogen-bond acceptors (Lipinski definition) is 7. The van der Waals surface area contributed by atoms with Crippen molar-refractivity contribution in [1.29, 1.82) is 0 Å². The molecular weight excluding hydrogens is 446 g/mol. The number of nitrogens with one attached hydrogen (secondary N) is 1. The minimum atomic E-state index is -0.514. The van der Waals surface area contributed by atoms with Crippen LogP contribution in [-0.2, 0) is 27.2 Å². The Morgan fingerprint density at radius 2 is 2.00 bits per heavy atom. The molecule has 3 aromatic rings. The number of benzene rings is 1. The van der Waals surface area contributed by atoms with Crippen molar-refractivity contribution < 1.29 is 14.3 Å². The smallest absolute Gasteiger partial charge is 0.325 e. The van der Waals surface area contributed by atoms with Crippen LogP contribution in [0.15, 0.2) is 34.2 Å². The van der Waals surface area contributed by atoms with E-state index >= 15 is 0 Å². The molecule has 168 valence electrons. The Hall–Kier alpha value is -2.65. The molecule has 0 aliphatic heterocycles. The van der Waals surface area contributed by atoms with Gasteiger partial charge >= 0.3 is 5.97 Å². The molecule has 7 nitrogen and oxygen atoms in total. The van der Waals surface area contributed by atoms with Gasteiger partial charge in [-0.1, -0.05) is 36.4 Å². The summed E-state index contributed by atoms with van der Waals surface area (Å²) in [5.74, 6) is -0.806. The minimum Gasteiger partial charge on any atom is -0.468 e. The lowest BCUT2D eigenvalue weighted by Gasteiger charge is -2.14.